The second kappa shape index (κ2) is 7.39. The van der Waals surface area contributed by atoms with Gasteiger partial charge in [-0.15, -0.1) is 0 Å². The first-order valence-corrected chi connectivity index (χ1v) is 9.26. The molecule has 1 aromatic heterocycles. The molecule has 4 heteroatoms. The number of amides is 1. The van der Waals surface area contributed by atoms with E-state index in [1.165, 1.54) is 29.5 Å². The lowest BCUT2D eigenvalue weighted by molar-refractivity contribution is 0.0946. The van der Waals surface area contributed by atoms with E-state index in [2.05, 4.69) is 48.1 Å². The van der Waals surface area contributed by atoms with Gasteiger partial charge in [0, 0.05) is 41.3 Å². The minimum atomic E-state index is 0.0301. The van der Waals surface area contributed by atoms with Crippen molar-refractivity contribution in [2.45, 2.75) is 52.5 Å². The van der Waals surface area contributed by atoms with Crippen LogP contribution in [-0.2, 0) is 12.8 Å². The van der Waals surface area contributed by atoms with Crippen molar-refractivity contribution in [3.8, 4) is 0 Å². The van der Waals surface area contributed by atoms with Gasteiger partial charge in [-0.25, -0.2) is 0 Å². The molecular weight excluding hydrogens is 298 g/mol. The molecule has 0 fully saturated rings. The molecule has 0 unspecified atom stereocenters. The average Bonchev–Trinajstić information content (AvgIpc) is 2.96. The van der Waals surface area contributed by atoms with Gasteiger partial charge in [0.2, 0.25) is 0 Å². The maximum Gasteiger partial charge on any atom is 0.251 e. The fraction of sp³-hybridized carbons (Fsp3) is 0.550. The number of rotatable bonds is 6. The maximum atomic E-state index is 12.5. The number of aryl methyl sites for hydroxylation is 2. The molecule has 1 aliphatic carbocycles. The van der Waals surface area contributed by atoms with Crippen LogP contribution in [0.1, 0.15) is 55.2 Å². The number of H-pyrrole nitrogens is 1. The zero-order valence-electron chi connectivity index (χ0n) is 15.1. The third-order valence-electron chi connectivity index (χ3n) is 5.18. The Morgan fingerprint density at radius 1 is 1.29 bits per heavy atom. The molecule has 2 aromatic rings. The highest BCUT2D eigenvalue weighted by Crippen LogP contribution is 2.29. The summed E-state index contributed by atoms with van der Waals surface area (Å²) in [5, 5.41) is 4.30. The average molecular weight is 327 g/mol. The summed E-state index contributed by atoms with van der Waals surface area (Å²) in [5.41, 5.74) is 4.71. The summed E-state index contributed by atoms with van der Waals surface area (Å²) in [6.45, 7) is 9.12. The summed E-state index contributed by atoms with van der Waals surface area (Å²) in [7, 11) is 0. The van der Waals surface area contributed by atoms with Crippen molar-refractivity contribution in [2.24, 2.45) is 0 Å². The van der Waals surface area contributed by atoms with Gasteiger partial charge >= 0.3 is 0 Å². The van der Waals surface area contributed by atoms with Gasteiger partial charge in [0.05, 0.1) is 0 Å². The number of hydrogen-bond acceptors (Lipinski definition) is 2. The van der Waals surface area contributed by atoms with Gasteiger partial charge in [0.15, 0.2) is 0 Å². The molecule has 0 bridgehead atoms. The van der Waals surface area contributed by atoms with Crippen molar-refractivity contribution in [3.63, 3.8) is 0 Å². The van der Waals surface area contributed by atoms with Crippen LogP contribution in [-0.4, -0.2) is 41.5 Å². The Morgan fingerprint density at radius 2 is 2.08 bits per heavy atom. The van der Waals surface area contributed by atoms with E-state index in [9.17, 15) is 4.79 Å². The smallest absolute Gasteiger partial charge is 0.251 e. The van der Waals surface area contributed by atoms with Crippen LogP contribution >= 0.6 is 0 Å². The molecule has 0 aliphatic heterocycles. The summed E-state index contributed by atoms with van der Waals surface area (Å²) in [6, 6.07) is 6.55. The predicted molar refractivity (Wildman–Crippen MR) is 99.7 cm³/mol. The number of likely N-dealkylation sites (N-methyl/N-ethyl adjacent to an activating group) is 1. The molecule has 24 heavy (non-hydrogen) atoms. The van der Waals surface area contributed by atoms with Crippen LogP contribution in [0.25, 0.3) is 10.9 Å². The van der Waals surface area contributed by atoms with E-state index in [1.807, 2.05) is 6.07 Å². The monoisotopic (exact) mass is 327 g/mol. The van der Waals surface area contributed by atoms with E-state index < -0.39 is 0 Å². The minimum Gasteiger partial charge on any atom is -0.358 e. The highest BCUT2D eigenvalue weighted by Gasteiger charge is 2.17. The van der Waals surface area contributed by atoms with E-state index in [0.717, 1.165) is 37.0 Å². The number of fused-ring (bicyclic) bond motifs is 3. The molecule has 2 N–H and O–H groups in total. The highest BCUT2D eigenvalue weighted by molar-refractivity contribution is 5.99. The van der Waals surface area contributed by atoms with Gasteiger partial charge in [-0.05, 0) is 69.8 Å². The zero-order valence-corrected chi connectivity index (χ0v) is 15.1. The Bertz CT molecular complexity index is 717. The molecular formula is C20H29N3O. The maximum absolute atomic E-state index is 12.5. The topological polar surface area (TPSA) is 48.1 Å². The van der Waals surface area contributed by atoms with Crippen LogP contribution in [0.3, 0.4) is 0 Å². The van der Waals surface area contributed by atoms with Crippen molar-refractivity contribution < 1.29 is 4.79 Å². The Kier molecular flexibility index (Phi) is 5.24. The number of carbonyl (C=O) groups is 1. The lowest BCUT2D eigenvalue weighted by Crippen LogP contribution is -2.38. The number of nitrogens with zero attached hydrogens (tertiary/aromatic N) is 1. The first kappa shape index (κ1) is 17.0. The predicted octanol–water partition coefficient (Wildman–Crippen LogP) is 3.51. The van der Waals surface area contributed by atoms with Crippen molar-refractivity contribution in [2.75, 3.05) is 19.6 Å². The fourth-order valence-electron chi connectivity index (χ4n) is 3.74. The Hall–Kier alpha value is -1.81. The van der Waals surface area contributed by atoms with Crippen molar-refractivity contribution >= 4 is 16.8 Å². The molecule has 3 rings (SSSR count). The molecule has 0 radical (unpaired) electrons. The third-order valence-corrected chi connectivity index (χ3v) is 5.18. The largest absolute Gasteiger partial charge is 0.358 e. The number of nitrogens with one attached hydrogen (secondary N) is 2. The molecule has 4 nitrogen and oxygen atoms in total. The lowest BCUT2D eigenvalue weighted by Gasteiger charge is -2.24. The summed E-state index contributed by atoms with van der Waals surface area (Å²) < 4.78 is 0. The van der Waals surface area contributed by atoms with E-state index in [0.29, 0.717) is 12.6 Å². The number of aromatic nitrogens is 1. The van der Waals surface area contributed by atoms with E-state index >= 15 is 0 Å². The summed E-state index contributed by atoms with van der Waals surface area (Å²) >= 11 is 0. The molecule has 1 amide bonds. The highest BCUT2D eigenvalue weighted by atomic mass is 16.1. The normalized spacial score (nSPS) is 14.4. The van der Waals surface area contributed by atoms with Gasteiger partial charge in [-0.2, -0.15) is 0 Å². The van der Waals surface area contributed by atoms with Crippen LogP contribution in [0.5, 0.6) is 0 Å². The first-order chi connectivity index (χ1) is 11.6. The van der Waals surface area contributed by atoms with E-state index in [1.54, 1.807) is 0 Å². The SMILES string of the molecule is CCN(CCNC(=O)c1ccc2[nH]c3c(c2c1)CCCC3)C(C)C. The Balaban J connectivity index is 1.69. The Labute approximate surface area is 144 Å². The van der Waals surface area contributed by atoms with E-state index in [4.69, 9.17) is 0 Å². The van der Waals surface area contributed by atoms with E-state index in [-0.39, 0.29) is 5.91 Å². The second-order valence-corrected chi connectivity index (χ2v) is 7.03. The molecule has 0 spiro atoms. The minimum absolute atomic E-state index is 0.0301. The van der Waals surface area contributed by atoms with Gasteiger partial charge in [0.25, 0.3) is 5.91 Å². The summed E-state index contributed by atoms with van der Waals surface area (Å²) in [4.78, 5) is 18.4. The van der Waals surface area contributed by atoms with Crippen LogP contribution in [0, 0.1) is 0 Å². The first-order valence-electron chi connectivity index (χ1n) is 9.26. The summed E-state index contributed by atoms with van der Waals surface area (Å²) in [5.74, 6) is 0.0301. The van der Waals surface area contributed by atoms with Crippen LogP contribution < -0.4 is 5.32 Å². The molecule has 1 heterocycles. The van der Waals surface area contributed by atoms with Crippen LogP contribution in [0.4, 0.5) is 0 Å². The molecule has 0 atom stereocenters. The zero-order chi connectivity index (χ0) is 17.1. The van der Waals surface area contributed by atoms with Gasteiger partial charge < -0.3 is 10.3 Å². The van der Waals surface area contributed by atoms with Gasteiger partial charge in [-0.3, -0.25) is 9.69 Å². The van der Waals surface area contributed by atoms with Gasteiger partial charge in [0.1, 0.15) is 0 Å². The number of hydrogen-bond donors (Lipinski definition) is 2. The van der Waals surface area contributed by atoms with Crippen molar-refractivity contribution in [1.29, 1.82) is 0 Å². The standard InChI is InChI=1S/C20H29N3O/c1-4-23(14(2)3)12-11-21-20(24)15-9-10-19-17(13-15)16-7-5-6-8-18(16)22-19/h9-10,13-14,22H,4-8,11-12H2,1-3H3,(H,21,24). The van der Waals surface area contributed by atoms with Crippen molar-refractivity contribution in [3.05, 3.63) is 35.0 Å². The molecule has 1 aromatic carbocycles. The Morgan fingerprint density at radius 3 is 2.83 bits per heavy atom. The molecule has 1 aliphatic rings. The van der Waals surface area contributed by atoms with Gasteiger partial charge in [-0.1, -0.05) is 6.92 Å². The summed E-state index contributed by atoms with van der Waals surface area (Å²) in [6.07, 6.45) is 4.77. The van der Waals surface area contributed by atoms with Crippen LogP contribution in [0.15, 0.2) is 18.2 Å². The number of benzene rings is 1. The molecule has 0 saturated carbocycles. The number of carbonyl (C=O) groups excluding carboxylic acids is 1. The fourth-order valence-corrected chi connectivity index (χ4v) is 3.74. The second-order valence-electron chi connectivity index (χ2n) is 7.03. The van der Waals surface area contributed by atoms with Crippen LogP contribution in [0.2, 0.25) is 0 Å². The molecule has 130 valence electrons. The third kappa shape index (κ3) is 3.48. The lowest BCUT2D eigenvalue weighted by atomic mass is 9.95. The quantitative estimate of drug-likeness (QED) is 0.853. The number of aromatic amines is 1. The molecule has 0 saturated heterocycles. The van der Waals surface area contributed by atoms with Crippen molar-refractivity contribution in [1.82, 2.24) is 15.2 Å².